The predicted molar refractivity (Wildman–Crippen MR) is 70.9 cm³/mol. The normalized spacial score (nSPS) is 26.5. The zero-order valence-electron chi connectivity index (χ0n) is 11.1. The standard InChI is InChI=1S/C15H20N2O/c1-14(2)11-15(12-16,8-9-18-14)17-10-13-6-4-3-5-7-13/h3-7,17H,8-11H2,1-2H3. The van der Waals surface area contributed by atoms with Crippen LogP contribution in [0.5, 0.6) is 0 Å². The zero-order chi connectivity index (χ0) is 13.1. The summed E-state index contributed by atoms with van der Waals surface area (Å²) in [7, 11) is 0. The molecule has 1 aromatic rings. The molecule has 1 heterocycles. The number of hydrogen-bond acceptors (Lipinski definition) is 3. The van der Waals surface area contributed by atoms with Crippen LogP contribution >= 0.6 is 0 Å². The minimum atomic E-state index is -0.461. The van der Waals surface area contributed by atoms with Gasteiger partial charge in [0, 0.05) is 19.4 Å². The van der Waals surface area contributed by atoms with Crippen LogP contribution in [0.3, 0.4) is 0 Å². The van der Waals surface area contributed by atoms with Crippen molar-refractivity contribution < 1.29 is 4.74 Å². The van der Waals surface area contributed by atoms with Gasteiger partial charge in [-0.1, -0.05) is 30.3 Å². The molecule has 1 aliphatic rings. The molecule has 1 saturated heterocycles. The van der Waals surface area contributed by atoms with Crippen molar-refractivity contribution in [2.75, 3.05) is 6.61 Å². The van der Waals surface area contributed by atoms with Crippen molar-refractivity contribution in [2.45, 2.75) is 44.4 Å². The number of ether oxygens (including phenoxy) is 1. The van der Waals surface area contributed by atoms with E-state index in [1.165, 1.54) is 5.56 Å². The highest BCUT2D eigenvalue weighted by molar-refractivity contribution is 5.17. The molecule has 3 heteroatoms. The summed E-state index contributed by atoms with van der Waals surface area (Å²) in [6, 6.07) is 12.6. The van der Waals surface area contributed by atoms with Gasteiger partial charge in [-0.15, -0.1) is 0 Å². The molecule has 1 aromatic carbocycles. The van der Waals surface area contributed by atoms with Gasteiger partial charge in [0.2, 0.25) is 0 Å². The third kappa shape index (κ3) is 3.10. The lowest BCUT2D eigenvalue weighted by Crippen LogP contribution is -2.53. The molecule has 0 spiro atoms. The lowest BCUT2D eigenvalue weighted by Gasteiger charge is -2.41. The van der Waals surface area contributed by atoms with E-state index in [0.717, 1.165) is 19.4 Å². The Balaban J connectivity index is 2.03. The first-order valence-electron chi connectivity index (χ1n) is 6.39. The first kappa shape index (κ1) is 13.1. The Morgan fingerprint density at radius 2 is 2.06 bits per heavy atom. The van der Waals surface area contributed by atoms with Crippen molar-refractivity contribution in [2.24, 2.45) is 0 Å². The lowest BCUT2D eigenvalue weighted by molar-refractivity contribution is -0.0763. The van der Waals surface area contributed by atoms with Gasteiger partial charge in [0.05, 0.1) is 18.3 Å². The van der Waals surface area contributed by atoms with E-state index in [0.29, 0.717) is 6.61 Å². The first-order chi connectivity index (χ1) is 8.55. The molecule has 0 aromatic heterocycles. The van der Waals surface area contributed by atoms with Crippen molar-refractivity contribution in [3.05, 3.63) is 35.9 Å². The van der Waals surface area contributed by atoms with E-state index >= 15 is 0 Å². The number of rotatable bonds is 3. The molecule has 0 aliphatic carbocycles. The Morgan fingerprint density at radius 3 is 2.67 bits per heavy atom. The van der Waals surface area contributed by atoms with E-state index in [1.807, 2.05) is 32.0 Å². The Morgan fingerprint density at radius 1 is 1.33 bits per heavy atom. The fourth-order valence-electron chi connectivity index (χ4n) is 2.52. The molecular formula is C15H20N2O. The van der Waals surface area contributed by atoms with Gasteiger partial charge in [-0.05, 0) is 19.4 Å². The summed E-state index contributed by atoms with van der Waals surface area (Å²) in [6.07, 6.45) is 1.48. The molecule has 0 saturated carbocycles. The lowest BCUT2D eigenvalue weighted by atomic mass is 9.82. The average molecular weight is 244 g/mol. The summed E-state index contributed by atoms with van der Waals surface area (Å²) in [4.78, 5) is 0. The van der Waals surface area contributed by atoms with E-state index in [1.54, 1.807) is 0 Å². The molecule has 18 heavy (non-hydrogen) atoms. The third-order valence-corrected chi connectivity index (χ3v) is 3.44. The summed E-state index contributed by atoms with van der Waals surface area (Å²) in [5.41, 5.74) is 0.520. The number of benzene rings is 1. The number of nitrogens with zero attached hydrogens (tertiary/aromatic N) is 1. The van der Waals surface area contributed by atoms with Gasteiger partial charge >= 0.3 is 0 Å². The summed E-state index contributed by atoms with van der Waals surface area (Å²) in [6.45, 7) is 5.46. The Kier molecular flexibility index (Phi) is 3.70. The van der Waals surface area contributed by atoms with Crippen LogP contribution in [0.1, 0.15) is 32.3 Å². The maximum absolute atomic E-state index is 9.48. The van der Waals surface area contributed by atoms with Gasteiger partial charge < -0.3 is 4.74 Å². The van der Waals surface area contributed by atoms with Crippen LogP contribution < -0.4 is 5.32 Å². The predicted octanol–water partition coefficient (Wildman–Crippen LogP) is 2.63. The average Bonchev–Trinajstić information content (AvgIpc) is 2.37. The summed E-state index contributed by atoms with van der Waals surface area (Å²) in [5, 5.41) is 12.9. The molecule has 1 aliphatic heterocycles. The Hall–Kier alpha value is -1.37. The Labute approximate surface area is 109 Å². The van der Waals surface area contributed by atoms with Crippen molar-refractivity contribution >= 4 is 0 Å². The number of nitriles is 1. The monoisotopic (exact) mass is 244 g/mol. The second kappa shape index (κ2) is 5.09. The quantitative estimate of drug-likeness (QED) is 0.889. The van der Waals surface area contributed by atoms with E-state index in [9.17, 15) is 5.26 Å². The molecule has 1 fully saturated rings. The molecular weight excluding hydrogens is 224 g/mol. The van der Waals surface area contributed by atoms with Crippen molar-refractivity contribution in [3.63, 3.8) is 0 Å². The van der Waals surface area contributed by atoms with E-state index in [4.69, 9.17) is 4.74 Å². The van der Waals surface area contributed by atoms with Crippen LogP contribution in [-0.2, 0) is 11.3 Å². The van der Waals surface area contributed by atoms with E-state index in [-0.39, 0.29) is 5.60 Å². The first-order valence-corrected chi connectivity index (χ1v) is 6.39. The minimum absolute atomic E-state index is 0.225. The van der Waals surface area contributed by atoms with Crippen molar-refractivity contribution in [1.82, 2.24) is 5.32 Å². The molecule has 0 amide bonds. The molecule has 1 atom stereocenters. The van der Waals surface area contributed by atoms with Crippen LogP contribution in [0.4, 0.5) is 0 Å². The fourth-order valence-corrected chi connectivity index (χ4v) is 2.52. The second-order valence-electron chi connectivity index (χ2n) is 5.57. The Bertz CT molecular complexity index is 436. The van der Waals surface area contributed by atoms with Gasteiger partial charge in [-0.3, -0.25) is 5.32 Å². The summed E-state index contributed by atoms with van der Waals surface area (Å²) in [5.74, 6) is 0. The van der Waals surface area contributed by atoms with Gasteiger partial charge in [-0.25, -0.2) is 0 Å². The number of hydrogen-bond donors (Lipinski definition) is 1. The topological polar surface area (TPSA) is 45.0 Å². The molecule has 0 radical (unpaired) electrons. The van der Waals surface area contributed by atoms with Gasteiger partial charge in [0.1, 0.15) is 5.54 Å². The molecule has 1 N–H and O–H groups in total. The number of nitrogens with one attached hydrogen (secondary N) is 1. The zero-order valence-corrected chi connectivity index (χ0v) is 11.1. The smallest absolute Gasteiger partial charge is 0.111 e. The van der Waals surface area contributed by atoms with Crippen molar-refractivity contribution in [1.29, 1.82) is 5.26 Å². The van der Waals surface area contributed by atoms with E-state index in [2.05, 4.69) is 23.5 Å². The summed E-state index contributed by atoms with van der Waals surface area (Å²) < 4.78 is 5.68. The highest BCUT2D eigenvalue weighted by Gasteiger charge is 2.40. The molecule has 0 bridgehead atoms. The molecule has 2 rings (SSSR count). The van der Waals surface area contributed by atoms with Gasteiger partial charge in [0.25, 0.3) is 0 Å². The summed E-state index contributed by atoms with van der Waals surface area (Å²) >= 11 is 0. The highest BCUT2D eigenvalue weighted by atomic mass is 16.5. The van der Waals surface area contributed by atoms with Crippen LogP contribution in [0.2, 0.25) is 0 Å². The van der Waals surface area contributed by atoms with Crippen LogP contribution in [0, 0.1) is 11.3 Å². The second-order valence-corrected chi connectivity index (χ2v) is 5.57. The largest absolute Gasteiger partial charge is 0.375 e. The van der Waals surface area contributed by atoms with Gasteiger partial charge in [-0.2, -0.15) is 5.26 Å². The van der Waals surface area contributed by atoms with Crippen molar-refractivity contribution in [3.8, 4) is 6.07 Å². The van der Waals surface area contributed by atoms with Crippen LogP contribution in [0.15, 0.2) is 30.3 Å². The molecule has 1 unspecified atom stereocenters. The maximum atomic E-state index is 9.48. The molecule has 96 valence electrons. The van der Waals surface area contributed by atoms with Gasteiger partial charge in [0.15, 0.2) is 0 Å². The molecule has 3 nitrogen and oxygen atoms in total. The van der Waals surface area contributed by atoms with Crippen LogP contribution in [-0.4, -0.2) is 17.7 Å². The maximum Gasteiger partial charge on any atom is 0.111 e. The third-order valence-electron chi connectivity index (χ3n) is 3.44. The fraction of sp³-hybridized carbons (Fsp3) is 0.533. The highest BCUT2D eigenvalue weighted by Crippen LogP contribution is 2.31. The SMILES string of the molecule is CC1(C)CC(C#N)(NCc2ccccc2)CCO1. The minimum Gasteiger partial charge on any atom is -0.375 e. The van der Waals surface area contributed by atoms with Crippen LogP contribution in [0.25, 0.3) is 0 Å². The van der Waals surface area contributed by atoms with E-state index < -0.39 is 5.54 Å².